The number of carbonyl (C=O) groups excluding carboxylic acids is 2. The predicted molar refractivity (Wildman–Crippen MR) is 140 cm³/mol. The number of rotatable bonds is 9. The maximum atomic E-state index is 13.6. The van der Waals surface area contributed by atoms with Crippen molar-refractivity contribution in [3.05, 3.63) is 101 Å². The molecule has 1 unspecified atom stereocenters. The van der Waals surface area contributed by atoms with Crippen LogP contribution in [0.3, 0.4) is 0 Å². The van der Waals surface area contributed by atoms with Crippen LogP contribution in [0.15, 0.2) is 78.9 Å². The molecule has 2 amide bonds. The van der Waals surface area contributed by atoms with Crippen LogP contribution in [-0.2, 0) is 22.6 Å². The van der Waals surface area contributed by atoms with E-state index >= 15 is 0 Å². The predicted octanol–water partition coefficient (Wildman–Crippen LogP) is 5.24. The van der Waals surface area contributed by atoms with Gasteiger partial charge in [-0.1, -0.05) is 72.3 Å². The molecule has 3 rings (SSSR count). The van der Waals surface area contributed by atoms with Gasteiger partial charge in [-0.3, -0.25) is 9.59 Å². The van der Waals surface area contributed by atoms with Crippen molar-refractivity contribution in [1.29, 1.82) is 0 Å². The van der Waals surface area contributed by atoms with Gasteiger partial charge in [-0.15, -0.1) is 0 Å². The molecule has 0 aromatic heterocycles. The second-order valence-corrected chi connectivity index (χ2v) is 10.1. The van der Waals surface area contributed by atoms with Gasteiger partial charge in [-0.2, -0.15) is 0 Å². The van der Waals surface area contributed by atoms with E-state index in [-0.39, 0.29) is 18.4 Å². The highest BCUT2D eigenvalue weighted by Gasteiger charge is 2.32. The van der Waals surface area contributed by atoms with Crippen molar-refractivity contribution in [2.24, 2.45) is 0 Å². The quantitative estimate of drug-likeness (QED) is 0.464. The molecular weight excluding hydrogens is 436 g/mol. The summed E-state index contributed by atoms with van der Waals surface area (Å²) in [6.07, 6.45) is 0.407. The van der Waals surface area contributed by atoms with Crippen molar-refractivity contribution in [1.82, 2.24) is 10.2 Å². The number of benzene rings is 3. The van der Waals surface area contributed by atoms with Gasteiger partial charge in [-0.25, -0.2) is 0 Å². The number of nitrogens with one attached hydrogen (secondary N) is 1. The average Bonchev–Trinajstić information content (AvgIpc) is 2.79. The zero-order chi connectivity index (χ0) is 25.4. The van der Waals surface area contributed by atoms with Gasteiger partial charge in [-0.05, 0) is 63.4 Å². The molecule has 0 aliphatic carbocycles. The highest BCUT2D eigenvalue weighted by Crippen LogP contribution is 2.18. The lowest BCUT2D eigenvalue weighted by atomic mass is 10.0. The smallest absolute Gasteiger partial charge is 0.261 e. The third-order valence-corrected chi connectivity index (χ3v) is 5.56. The minimum absolute atomic E-state index is 0.149. The second kappa shape index (κ2) is 11.7. The van der Waals surface area contributed by atoms with Crippen molar-refractivity contribution in [2.45, 2.75) is 59.2 Å². The van der Waals surface area contributed by atoms with Crippen LogP contribution >= 0.6 is 0 Å². The monoisotopic (exact) mass is 472 g/mol. The summed E-state index contributed by atoms with van der Waals surface area (Å²) < 4.78 is 5.85. The van der Waals surface area contributed by atoms with Gasteiger partial charge < -0.3 is 15.0 Å². The van der Waals surface area contributed by atoms with Gasteiger partial charge in [0.05, 0.1) is 0 Å². The van der Waals surface area contributed by atoms with Crippen LogP contribution in [0.4, 0.5) is 0 Å². The fraction of sp³-hybridized carbons (Fsp3) is 0.333. The molecule has 5 heteroatoms. The van der Waals surface area contributed by atoms with Crippen molar-refractivity contribution < 1.29 is 14.3 Å². The van der Waals surface area contributed by atoms with Crippen LogP contribution in [0, 0.1) is 13.8 Å². The Labute approximate surface area is 209 Å². The highest BCUT2D eigenvalue weighted by molar-refractivity contribution is 5.89. The fourth-order valence-electron chi connectivity index (χ4n) is 3.95. The molecule has 0 radical (unpaired) electrons. The summed E-state index contributed by atoms with van der Waals surface area (Å²) in [5.41, 5.74) is 3.68. The first-order valence-corrected chi connectivity index (χ1v) is 12.0. The third-order valence-electron chi connectivity index (χ3n) is 5.56. The molecule has 3 aromatic rings. The molecule has 0 saturated carbocycles. The number of amides is 2. The van der Waals surface area contributed by atoms with E-state index in [1.165, 1.54) is 0 Å². The highest BCUT2D eigenvalue weighted by atomic mass is 16.5. The molecule has 0 heterocycles. The van der Waals surface area contributed by atoms with Gasteiger partial charge >= 0.3 is 0 Å². The van der Waals surface area contributed by atoms with Crippen molar-refractivity contribution in [3.8, 4) is 5.75 Å². The van der Waals surface area contributed by atoms with Gasteiger partial charge in [0.2, 0.25) is 5.91 Å². The first-order valence-electron chi connectivity index (χ1n) is 12.0. The standard InChI is InChI=1S/C30H36N2O3/c1-22-11-9-15-25(17-22)20-32(28(33)21-35-26-16-10-12-23(2)18-26)27(29(34)31-30(3,4)5)19-24-13-7-6-8-14-24/h6-18,27H,19-21H2,1-5H3,(H,31,34). The Hall–Kier alpha value is -3.60. The molecule has 0 aliphatic heterocycles. The lowest BCUT2D eigenvalue weighted by molar-refractivity contribution is -0.143. The summed E-state index contributed by atoms with van der Waals surface area (Å²) in [5, 5.41) is 3.08. The third kappa shape index (κ3) is 8.29. The topological polar surface area (TPSA) is 58.6 Å². The molecule has 184 valence electrons. The van der Waals surface area contributed by atoms with Gasteiger partial charge in [0.15, 0.2) is 6.61 Å². The number of ether oxygens (including phenoxy) is 1. The van der Waals surface area contributed by atoms with Crippen molar-refractivity contribution >= 4 is 11.8 Å². The minimum atomic E-state index is -0.689. The minimum Gasteiger partial charge on any atom is -0.484 e. The van der Waals surface area contributed by atoms with Gasteiger partial charge in [0.1, 0.15) is 11.8 Å². The number of hydrogen-bond acceptors (Lipinski definition) is 3. The fourth-order valence-corrected chi connectivity index (χ4v) is 3.95. The lowest BCUT2D eigenvalue weighted by Gasteiger charge is -2.33. The Morgan fingerprint density at radius 2 is 1.49 bits per heavy atom. The van der Waals surface area contributed by atoms with E-state index in [4.69, 9.17) is 4.74 Å². The van der Waals surface area contributed by atoms with Crippen LogP contribution in [-0.4, -0.2) is 34.9 Å². The van der Waals surface area contributed by atoms with E-state index in [1.807, 2.05) is 113 Å². The van der Waals surface area contributed by atoms with Crippen LogP contribution in [0.25, 0.3) is 0 Å². The normalized spacial score (nSPS) is 12.0. The summed E-state index contributed by atoms with van der Waals surface area (Å²) >= 11 is 0. The zero-order valence-corrected chi connectivity index (χ0v) is 21.4. The first-order chi connectivity index (χ1) is 16.6. The van der Waals surface area contributed by atoms with Gasteiger partial charge in [0, 0.05) is 18.5 Å². The number of aryl methyl sites for hydroxylation is 2. The lowest BCUT2D eigenvalue weighted by Crippen LogP contribution is -2.55. The molecule has 0 saturated heterocycles. The molecule has 0 fully saturated rings. The molecule has 0 aliphatic rings. The molecule has 0 spiro atoms. The number of hydrogen-bond donors (Lipinski definition) is 1. The van der Waals surface area contributed by atoms with E-state index < -0.39 is 11.6 Å². The van der Waals surface area contributed by atoms with Crippen molar-refractivity contribution in [2.75, 3.05) is 6.61 Å². The zero-order valence-electron chi connectivity index (χ0n) is 21.4. The summed E-state index contributed by atoms with van der Waals surface area (Å²) in [7, 11) is 0. The van der Waals surface area contributed by atoms with E-state index in [1.54, 1.807) is 4.90 Å². The van der Waals surface area contributed by atoms with Crippen LogP contribution in [0.5, 0.6) is 5.75 Å². The molecule has 5 nitrogen and oxygen atoms in total. The maximum absolute atomic E-state index is 13.6. The molecule has 0 bridgehead atoms. The van der Waals surface area contributed by atoms with Crippen molar-refractivity contribution in [3.63, 3.8) is 0 Å². The Kier molecular flexibility index (Phi) is 8.69. The van der Waals surface area contributed by atoms with E-state index in [0.29, 0.717) is 18.7 Å². The Balaban J connectivity index is 1.93. The second-order valence-electron chi connectivity index (χ2n) is 10.1. The average molecular weight is 473 g/mol. The Morgan fingerprint density at radius 3 is 2.11 bits per heavy atom. The summed E-state index contributed by atoms with van der Waals surface area (Å²) in [6.45, 7) is 9.99. The molecule has 3 aromatic carbocycles. The molecule has 35 heavy (non-hydrogen) atoms. The van der Waals surface area contributed by atoms with E-state index in [9.17, 15) is 9.59 Å². The number of nitrogens with zero attached hydrogens (tertiary/aromatic N) is 1. The maximum Gasteiger partial charge on any atom is 0.261 e. The van der Waals surface area contributed by atoms with Crippen LogP contribution < -0.4 is 10.1 Å². The molecule has 1 N–H and O–H groups in total. The first kappa shape index (κ1) is 26.0. The van der Waals surface area contributed by atoms with Crippen LogP contribution in [0.1, 0.15) is 43.0 Å². The summed E-state index contributed by atoms with van der Waals surface area (Å²) in [6, 6.07) is 24.7. The van der Waals surface area contributed by atoms with E-state index in [0.717, 1.165) is 22.3 Å². The van der Waals surface area contributed by atoms with Gasteiger partial charge in [0.25, 0.3) is 5.91 Å². The molecule has 1 atom stereocenters. The van der Waals surface area contributed by atoms with Crippen LogP contribution in [0.2, 0.25) is 0 Å². The molecular formula is C30H36N2O3. The largest absolute Gasteiger partial charge is 0.484 e. The Morgan fingerprint density at radius 1 is 0.857 bits per heavy atom. The summed E-state index contributed by atoms with van der Waals surface area (Å²) in [4.78, 5) is 28.8. The summed E-state index contributed by atoms with van der Waals surface area (Å²) in [5.74, 6) is 0.212. The number of carbonyl (C=O) groups is 2. The van der Waals surface area contributed by atoms with E-state index in [2.05, 4.69) is 5.32 Å². The SMILES string of the molecule is Cc1cccc(CN(C(=O)COc2cccc(C)c2)C(Cc2ccccc2)C(=O)NC(C)(C)C)c1. The Bertz CT molecular complexity index is 1140.